The maximum atomic E-state index is 8.99. The monoisotopic (exact) mass is 286 g/mol. The van der Waals surface area contributed by atoms with Crippen LogP contribution in [0.5, 0.6) is 6.01 Å². The van der Waals surface area contributed by atoms with Gasteiger partial charge in [-0.3, -0.25) is 4.90 Å². The molecule has 1 aromatic rings. The molecule has 0 radical (unpaired) electrons. The third-order valence-corrected chi connectivity index (χ3v) is 3.46. The fourth-order valence-electron chi connectivity index (χ4n) is 2.21. The lowest BCUT2D eigenvalue weighted by Crippen LogP contribution is -2.32. The average Bonchev–Trinajstić information content (AvgIpc) is 2.65. The van der Waals surface area contributed by atoms with Gasteiger partial charge in [0, 0.05) is 26.2 Å². The third-order valence-electron chi connectivity index (χ3n) is 3.19. The van der Waals surface area contributed by atoms with Crippen molar-refractivity contribution >= 4 is 17.4 Å². The molecule has 1 N–H and O–H groups in total. The van der Waals surface area contributed by atoms with Gasteiger partial charge in [0.1, 0.15) is 5.02 Å². The van der Waals surface area contributed by atoms with Crippen molar-refractivity contribution in [3.05, 3.63) is 11.2 Å². The zero-order valence-electron chi connectivity index (χ0n) is 11.0. The predicted octanol–water partition coefficient (Wildman–Crippen LogP) is 0.643. The molecule has 6 nitrogen and oxygen atoms in total. The Morgan fingerprint density at radius 3 is 2.95 bits per heavy atom. The molecule has 19 heavy (non-hydrogen) atoms. The number of halogens is 1. The van der Waals surface area contributed by atoms with Crippen molar-refractivity contribution in [1.29, 1.82) is 0 Å². The molecule has 1 aliphatic rings. The van der Waals surface area contributed by atoms with E-state index in [1.54, 1.807) is 13.3 Å². The third kappa shape index (κ3) is 3.68. The van der Waals surface area contributed by atoms with Gasteiger partial charge >= 0.3 is 6.01 Å². The van der Waals surface area contributed by atoms with Crippen molar-refractivity contribution in [2.75, 3.05) is 51.3 Å². The molecule has 1 fully saturated rings. The molecular weight excluding hydrogens is 268 g/mol. The van der Waals surface area contributed by atoms with E-state index in [2.05, 4.69) is 19.8 Å². The summed E-state index contributed by atoms with van der Waals surface area (Å²) < 4.78 is 5.04. The average molecular weight is 287 g/mol. The Bertz CT molecular complexity index is 419. The van der Waals surface area contributed by atoms with Crippen LogP contribution in [-0.2, 0) is 0 Å². The van der Waals surface area contributed by atoms with Crippen molar-refractivity contribution in [2.24, 2.45) is 0 Å². The van der Waals surface area contributed by atoms with Crippen molar-refractivity contribution in [3.63, 3.8) is 0 Å². The second kappa shape index (κ2) is 6.88. The van der Waals surface area contributed by atoms with Crippen LogP contribution in [0.1, 0.15) is 6.42 Å². The first-order valence-corrected chi connectivity index (χ1v) is 6.77. The summed E-state index contributed by atoms with van der Waals surface area (Å²) in [4.78, 5) is 12.7. The lowest BCUT2D eigenvalue weighted by Gasteiger charge is -2.23. The molecule has 0 amide bonds. The highest BCUT2D eigenvalue weighted by Crippen LogP contribution is 2.25. The van der Waals surface area contributed by atoms with Crippen LogP contribution in [-0.4, -0.2) is 66.4 Å². The highest BCUT2D eigenvalue weighted by molar-refractivity contribution is 6.32. The van der Waals surface area contributed by atoms with Gasteiger partial charge in [-0.2, -0.15) is 4.98 Å². The van der Waals surface area contributed by atoms with Crippen molar-refractivity contribution in [2.45, 2.75) is 6.42 Å². The summed E-state index contributed by atoms with van der Waals surface area (Å²) >= 11 is 6.16. The maximum absolute atomic E-state index is 8.99. The van der Waals surface area contributed by atoms with Gasteiger partial charge in [-0.15, -0.1) is 0 Å². The first-order valence-electron chi connectivity index (χ1n) is 6.39. The second-order valence-corrected chi connectivity index (χ2v) is 4.84. The van der Waals surface area contributed by atoms with Gasteiger partial charge in [-0.1, -0.05) is 11.6 Å². The molecule has 0 atom stereocenters. The molecule has 106 valence electrons. The predicted molar refractivity (Wildman–Crippen MR) is 73.9 cm³/mol. The van der Waals surface area contributed by atoms with Crippen LogP contribution in [0.3, 0.4) is 0 Å². The normalized spacial score (nSPS) is 17.3. The maximum Gasteiger partial charge on any atom is 0.318 e. The molecule has 2 rings (SSSR count). The molecular formula is C12H19ClN4O2. The Labute approximate surface area is 118 Å². The number of rotatable bonds is 4. The number of hydrogen-bond donors (Lipinski definition) is 1. The lowest BCUT2D eigenvalue weighted by atomic mass is 10.3. The summed E-state index contributed by atoms with van der Waals surface area (Å²) in [5.41, 5.74) is 0. The Morgan fingerprint density at radius 2 is 2.21 bits per heavy atom. The SMILES string of the molecule is COc1ncc(Cl)c(N2CCCN(CCO)CC2)n1. The number of aliphatic hydroxyl groups excluding tert-OH is 1. The highest BCUT2D eigenvalue weighted by Gasteiger charge is 2.18. The first-order chi connectivity index (χ1) is 9.24. The summed E-state index contributed by atoms with van der Waals surface area (Å²) in [5, 5.41) is 9.53. The van der Waals surface area contributed by atoms with Gasteiger partial charge in [0.25, 0.3) is 0 Å². The smallest absolute Gasteiger partial charge is 0.318 e. The molecule has 0 unspecified atom stereocenters. The summed E-state index contributed by atoms with van der Waals surface area (Å²) in [7, 11) is 1.54. The van der Waals surface area contributed by atoms with Gasteiger partial charge in [0.05, 0.1) is 19.9 Å². The topological polar surface area (TPSA) is 61.7 Å². The Balaban J connectivity index is 2.09. The Kier molecular flexibility index (Phi) is 5.18. The van der Waals surface area contributed by atoms with Gasteiger partial charge in [0.2, 0.25) is 0 Å². The van der Waals surface area contributed by atoms with E-state index >= 15 is 0 Å². The van der Waals surface area contributed by atoms with E-state index < -0.39 is 0 Å². The van der Waals surface area contributed by atoms with E-state index in [1.807, 2.05) is 0 Å². The standard InChI is InChI=1S/C12H19ClN4O2/c1-19-12-14-9-10(13)11(15-12)17-4-2-3-16(5-6-17)7-8-18/h9,18H,2-8H2,1H3. The van der Waals surface area contributed by atoms with Crippen molar-refractivity contribution in [3.8, 4) is 6.01 Å². The molecule has 0 aromatic carbocycles. The van der Waals surface area contributed by atoms with E-state index in [0.29, 0.717) is 17.6 Å². The molecule has 1 aromatic heterocycles. The minimum absolute atomic E-state index is 0.197. The van der Waals surface area contributed by atoms with Crippen LogP contribution >= 0.6 is 11.6 Å². The molecule has 1 saturated heterocycles. The summed E-state index contributed by atoms with van der Waals surface area (Å²) in [6.45, 7) is 4.51. The molecule has 2 heterocycles. The van der Waals surface area contributed by atoms with E-state index in [0.717, 1.165) is 38.4 Å². The van der Waals surface area contributed by atoms with E-state index in [9.17, 15) is 0 Å². The molecule has 1 aliphatic heterocycles. The van der Waals surface area contributed by atoms with Crippen LogP contribution in [0.2, 0.25) is 5.02 Å². The van der Waals surface area contributed by atoms with Crippen LogP contribution in [0, 0.1) is 0 Å². The van der Waals surface area contributed by atoms with Crippen molar-refractivity contribution < 1.29 is 9.84 Å². The number of methoxy groups -OCH3 is 1. The number of β-amino-alcohol motifs (C(OH)–C–C–N with tert-alkyl or cyclic N) is 1. The fraction of sp³-hybridized carbons (Fsp3) is 0.667. The van der Waals surface area contributed by atoms with Crippen molar-refractivity contribution in [1.82, 2.24) is 14.9 Å². The van der Waals surface area contributed by atoms with Gasteiger partial charge in [0.15, 0.2) is 5.82 Å². The summed E-state index contributed by atoms with van der Waals surface area (Å²) in [5.74, 6) is 0.722. The minimum Gasteiger partial charge on any atom is -0.467 e. The molecule has 0 spiro atoms. The molecule has 0 saturated carbocycles. The zero-order valence-corrected chi connectivity index (χ0v) is 11.8. The van der Waals surface area contributed by atoms with E-state index in [1.165, 1.54) is 0 Å². The van der Waals surface area contributed by atoms with Crippen LogP contribution < -0.4 is 9.64 Å². The molecule has 0 aliphatic carbocycles. The summed E-state index contributed by atoms with van der Waals surface area (Å²) in [6.07, 6.45) is 2.59. The number of nitrogens with zero attached hydrogens (tertiary/aromatic N) is 4. The largest absolute Gasteiger partial charge is 0.467 e. The van der Waals surface area contributed by atoms with E-state index in [4.69, 9.17) is 21.4 Å². The van der Waals surface area contributed by atoms with Crippen LogP contribution in [0.15, 0.2) is 6.20 Å². The minimum atomic E-state index is 0.197. The van der Waals surface area contributed by atoms with Gasteiger partial charge < -0.3 is 14.7 Å². The second-order valence-electron chi connectivity index (χ2n) is 4.43. The Hall–Kier alpha value is -1.11. The summed E-state index contributed by atoms with van der Waals surface area (Å²) in [6, 6.07) is 0.330. The number of aliphatic hydroxyl groups is 1. The fourth-order valence-corrected chi connectivity index (χ4v) is 2.42. The van der Waals surface area contributed by atoms with Crippen LogP contribution in [0.4, 0.5) is 5.82 Å². The number of aromatic nitrogens is 2. The number of ether oxygens (including phenoxy) is 1. The lowest BCUT2D eigenvalue weighted by molar-refractivity contribution is 0.204. The van der Waals surface area contributed by atoms with Gasteiger partial charge in [-0.25, -0.2) is 4.98 Å². The first kappa shape index (κ1) is 14.3. The Morgan fingerprint density at radius 1 is 1.37 bits per heavy atom. The molecule has 0 bridgehead atoms. The highest BCUT2D eigenvalue weighted by atomic mass is 35.5. The van der Waals surface area contributed by atoms with Gasteiger partial charge in [-0.05, 0) is 13.0 Å². The quantitative estimate of drug-likeness (QED) is 0.877. The number of hydrogen-bond acceptors (Lipinski definition) is 6. The van der Waals surface area contributed by atoms with Crippen LogP contribution in [0.25, 0.3) is 0 Å². The molecule has 7 heteroatoms. The number of anilines is 1. The zero-order chi connectivity index (χ0) is 13.7. The van der Waals surface area contributed by atoms with E-state index in [-0.39, 0.29) is 6.61 Å².